The molecule has 0 bridgehead atoms. The molecule has 2 amide bonds. The zero-order valence-electron chi connectivity index (χ0n) is 26.8. The number of rotatable bonds is 16. The second kappa shape index (κ2) is 17.0. The van der Waals surface area contributed by atoms with Crippen LogP contribution in [0.25, 0.3) is 0 Å². The minimum atomic E-state index is -4.25. The van der Waals surface area contributed by atoms with Gasteiger partial charge >= 0.3 is 0 Å². The smallest absolute Gasteiger partial charge is 0.264 e. The quantitative estimate of drug-likeness (QED) is 0.138. The van der Waals surface area contributed by atoms with Crippen molar-refractivity contribution in [3.63, 3.8) is 0 Å². The van der Waals surface area contributed by atoms with Gasteiger partial charge in [0.1, 0.15) is 12.6 Å². The number of hydrogen-bond donors (Lipinski definition) is 1. The van der Waals surface area contributed by atoms with E-state index in [1.165, 1.54) is 37.3 Å². The highest BCUT2D eigenvalue weighted by Crippen LogP contribution is 2.34. The Morgan fingerprint density at radius 2 is 1.47 bits per heavy atom. The lowest BCUT2D eigenvalue weighted by molar-refractivity contribution is -0.140. The van der Waals surface area contributed by atoms with Gasteiger partial charge in [0.05, 0.1) is 24.8 Å². The molecule has 1 N–H and O–H groups in total. The summed E-state index contributed by atoms with van der Waals surface area (Å²) >= 11 is 3.46. The highest BCUT2D eigenvalue weighted by Gasteiger charge is 2.35. The lowest BCUT2D eigenvalue weighted by Gasteiger charge is -2.34. The molecular formula is C36H40BrN3O6S. The first-order chi connectivity index (χ1) is 22.7. The Kier molecular flexibility index (Phi) is 12.8. The molecule has 4 aromatic carbocycles. The van der Waals surface area contributed by atoms with Crippen LogP contribution in [0, 0.1) is 0 Å². The van der Waals surface area contributed by atoms with Gasteiger partial charge in [-0.25, -0.2) is 8.42 Å². The number of nitrogens with one attached hydrogen (secondary N) is 1. The van der Waals surface area contributed by atoms with Crippen LogP contribution in [-0.2, 0) is 32.6 Å². The van der Waals surface area contributed by atoms with Crippen molar-refractivity contribution in [1.29, 1.82) is 0 Å². The van der Waals surface area contributed by atoms with Crippen LogP contribution in [-0.4, -0.2) is 58.5 Å². The van der Waals surface area contributed by atoms with E-state index in [0.717, 1.165) is 32.7 Å². The van der Waals surface area contributed by atoms with Crippen LogP contribution in [0.3, 0.4) is 0 Å². The molecule has 4 rings (SSSR count). The van der Waals surface area contributed by atoms with Gasteiger partial charge in [-0.15, -0.1) is 0 Å². The average Bonchev–Trinajstić information content (AvgIpc) is 3.10. The zero-order valence-corrected chi connectivity index (χ0v) is 29.2. The Labute approximate surface area is 285 Å². The molecule has 47 heavy (non-hydrogen) atoms. The molecule has 0 aromatic heterocycles. The van der Waals surface area contributed by atoms with E-state index in [-0.39, 0.29) is 29.5 Å². The standard InChI is InChI=1S/C36H40BrN3O6S/c1-4-5-22-38-36(42)32(23-27-12-8-6-9-13-27)39(25-28-16-18-29(37)19-17-28)35(41)26-40(47(43,44)31-14-10-7-11-15-31)30-20-21-33(45-2)34(24-30)46-3/h6-21,24,32H,4-5,22-23,25-26H2,1-3H3,(H,38,42)/t32-/m0/s1. The molecule has 0 aliphatic heterocycles. The maximum absolute atomic E-state index is 14.6. The molecule has 0 fully saturated rings. The first-order valence-electron chi connectivity index (χ1n) is 15.3. The summed E-state index contributed by atoms with van der Waals surface area (Å²) in [5, 5.41) is 3.00. The van der Waals surface area contributed by atoms with Crippen LogP contribution >= 0.6 is 15.9 Å². The lowest BCUT2D eigenvalue weighted by Crippen LogP contribution is -2.53. The van der Waals surface area contributed by atoms with Crippen molar-refractivity contribution in [2.75, 3.05) is 31.6 Å². The number of ether oxygens (including phenoxy) is 2. The van der Waals surface area contributed by atoms with E-state index < -0.39 is 28.5 Å². The van der Waals surface area contributed by atoms with E-state index in [4.69, 9.17) is 9.47 Å². The van der Waals surface area contributed by atoms with E-state index in [1.54, 1.807) is 30.3 Å². The molecule has 0 heterocycles. The SMILES string of the molecule is CCCCNC(=O)[C@H](Cc1ccccc1)N(Cc1ccc(Br)cc1)C(=O)CN(c1ccc(OC)c(OC)c1)S(=O)(=O)c1ccccc1. The summed E-state index contributed by atoms with van der Waals surface area (Å²) in [4.78, 5) is 30.0. The zero-order chi connectivity index (χ0) is 33.8. The fraction of sp³-hybridized carbons (Fsp3) is 0.278. The van der Waals surface area contributed by atoms with Gasteiger partial charge < -0.3 is 19.7 Å². The number of methoxy groups -OCH3 is 2. The molecular weight excluding hydrogens is 682 g/mol. The second-order valence-electron chi connectivity index (χ2n) is 10.9. The highest BCUT2D eigenvalue weighted by molar-refractivity contribution is 9.10. The van der Waals surface area contributed by atoms with E-state index in [1.807, 2.05) is 61.5 Å². The second-order valence-corrected chi connectivity index (χ2v) is 13.6. The third kappa shape index (κ3) is 9.36. The molecule has 0 radical (unpaired) electrons. The number of nitrogens with zero attached hydrogens (tertiary/aromatic N) is 2. The van der Waals surface area contributed by atoms with Crippen LogP contribution in [0.2, 0.25) is 0 Å². The Hall–Kier alpha value is -4.35. The molecule has 4 aromatic rings. The Morgan fingerprint density at radius 1 is 0.830 bits per heavy atom. The maximum Gasteiger partial charge on any atom is 0.264 e. The number of hydrogen-bond acceptors (Lipinski definition) is 6. The Balaban J connectivity index is 1.81. The molecule has 0 aliphatic rings. The number of unbranched alkanes of at least 4 members (excludes halogenated alkanes) is 1. The Bertz CT molecular complexity index is 1720. The molecule has 0 saturated heterocycles. The number of carbonyl (C=O) groups excluding carboxylic acids is 2. The molecule has 248 valence electrons. The normalized spacial score (nSPS) is 11.7. The fourth-order valence-corrected chi connectivity index (χ4v) is 6.77. The van der Waals surface area contributed by atoms with Gasteiger partial charge in [0, 0.05) is 30.0 Å². The summed E-state index contributed by atoms with van der Waals surface area (Å²) in [7, 11) is -1.31. The van der Waals surface area contributed by atoms with Crippen molar-refractivity contribution in [1.82, 2.24) is 10.2 Å². The molecule has 0 spiro atoms. The van der Waals surface area contributed by atoms with Gasteiger partial charge in [-0.1, -0.05) is 89.9 Å². The van der Waals surface area contributed by atoms with Crippen molar-refractivity contribution in [3.05, 3.63) is 119 Å². The van der Waals surface area contributed by atoms with Crippen molar-refractivity contribution < 1.29 is 27.5 Å². The maximum atomic E-state index is 14.6. The van der Waals surface area contributed by atoms with Crippen LogP contribution in [0.1, 0.15) is 30.9 Å². The molecule has 1 atom stereocenters. The van der Waals surface area contributed by atoms with Crippen LogP contribution in [0.15, 0.2) is 112 Å². The minimum Gasteiger partial charge on any atom is -0.493 e. The van der Waals surface area contributed by atoms with Gasteiger partial charge in [-0.2, -0.15) is 0 Å². The topological polar surface area (TPSA) is 105 Å². The van der Waals surface area contributed by atoms with Crippen molar-refractivity contribution in [2.45, 2.75) is 43.7 Å². The predicted octanol–water partition coefficient (Wildman–Crippen LogP) is 6.22. The first kappa shape index (κ1) is 35.5. The van der Waals surface area contributed by atoms with Crippen LogP contribution in [0.5, 0.6) is 11.5 Å². The van der Waals surface area contributed by atoms with Crippen LogP contribution < -0.4 is 19.1 Å². The van der Waals surface area contributed by atoms with Gasteiger partial charge in [-0.3, -0.25) is 13.9 Å². The summed E-state index contributed by atoms with van der Waals surface area (Å²) in [6.07, 6.45) is 1.92. The summed E-state index contributed by atoms with van der Waals surface area (Å²) in [6.45, 7) is 2.00. The largest absolute Gasteiger partial charge is 0.493 e. The van der Waals surface area contributed by atoms with Gasteiger partial charge in [0.2, 0.25) is 11.8 Å². The average molecular weight is 723 g/mol. The molecule has 11 heteroatoms. The highest BCUT2D eigenvalue weighted by atomic mass is 79.9. The lowest BCUT2D eigenvalue weighted by atomic mass is 10.0. The Morgan fingerprint density at radius 3 is 2.09 bits per heavy atom. The number of amides is 2. The van der Waals surface area contributed by atoms with Crippen LogP contribution in [0.4, 0.5) is 5.69 Å². The van der Waals surface area contributed by atoms with E-state index in [2.05, 4.69) is 21.2 Å². The fourth-order valence-electron chi connectivity index (χ4n) is 5.08. The van der Waals surface area contributed by atoms with Crippen molar-refractivity contribution in [3.8, 4) is 11.5 Å². The third-order valence-corrected chi connectivity index (χ3v) is 9.95. The van der Waals surface area contributed by atoms with Gasteiger partial charge in [0.25, 0.3) is 10.0 Å². The molecule has 0 saturated carbocycles. The summed E-state index contributed by atoms with van der Waals surface area (Å²) in [6, 6.07) is 28.6. The summed E-state index contributed by atoms with van der Waals surface area (Å²) < 4.78 is 41.2. The minimum absolute atomic E-state index is 0.0141. The van der Waals surface area contributed by atoms with Gasteiger partial charge in [-0.05, 0) is 53.9 Å². The van der Waals surface area contributed by atoms with E-state index in [0.29, 0.717) is 18.0 Å². The number of sulfonamides is 1. The van der Waals surface area contributed by atoms with Gasteiger partial charge in [0.15, 0.2) is 11.5 Å². The predicted molar refractivity (Wildman–Crippen MR) is 187 cm³/mol. The van der Waals surface area contributed by atoms with E-state index >= 15 is 0 Å². The molecule has 0 unspecified atom stereocenters. The third-order valence-electron chi connectivity index (χ3n) is 7.63. The van der Waals surface area contributed by atoms with E-state index in [9.17, 15) is 18.0 Å². The molecule has 0 aliphatic carbocycles. The van der Waals surface area contributed by atoms with Crippen molar-refractivity contribution >= 4 is 43.5 Å². The number of halogens is 1. The van der Waals surface area contributed by atoms with Crippen molar-refractivity contribution in [2.24, 2.45) is 0 Å². The number of benzene rings is 4. The first-order valence-corrected chi connectivity index (χ1v) is 17.6. The summed E-state index contributed by atoms with van der Waals surface area (Å²) in [5.41, 5.74) is 1.85. The number of anilines is 1. The number of carbonyl (C=O) groups is 2. The monoisotopic (exact) mass is 721 g/mol. The summed E-state index contributed by atoms with van der Waals surface area (Å²) in [5.74, 6) is -0.150. The molecule has 9 nitrogen and oxygen atoms in total.